The summed E-state index contributed by atoms with van der Waals surface area (Å²) < 4.78 is 69.4. The normalized spacial score (nSPS) is 12.1. The number of halogens is 3. The Kier molecular flexibility index (Phi) is 5.18. The quantitative estimate of drug-likeness (QED) is 0.382. The smallest absolute Gasteiger partial charge is 0.418 e. The van der Waals surface area contributed by atoms with E-state index in [1.54, 1.807) is 54.6 Å². The number of benzene rings is 3. The minimum absolute atomic E-state index is 0.122. The maximum Gasteiger partial charge on any atom is 0.418 e. The van der Waals surface area contributed by atoms with E-state index in [0.717, 1.165) is 12.3 Å². The van der Waals surface area contributed by atoms with Crippen molar-refractivity contribution in [2.75, 3.05) is 6.26 Å². The summed E-state index contributed by atoms with van der Waals surface area (Å²) in [6, 6.07) is 19.9. The van der Waals surface area contributed by atoms with Crippen molar-refractivity contribution in [2.24, 2.45) is 0 Å². The predicted octanol–water partition coefficient (Wildman–Crippen LogP) is 6.12. The Morgan fingerprint density at radius 2 is 1.52 bits per heavy atom. The van der Waals surface area contributed by atoms with Crippen molar-refractivity contribution in [1.82, 2.24) is 4.98 Å². The van der Waals surface area contributed by atoms with Crippen LogP contribution in [0.2, 0.25) is 0 Å². The number of hydrogen-bond acceptors (Lipinski definition) is 4. The van der Waals surface area contributed by atoms with Crippen molar-refractivity contribution in [2.45, 2.75) is 11.1 Å². The number of alkyl halides is 3. The van der Waals surface area contributed by atoms with Crippen LogP contribution in [-0.4, -0.2) is 19.7 Å². The molecule has 31 heavy (non-hydrogen) atoms. The van der Waals surface area contributed by atoms with Gasteiger partial charge in [-0.15, -0.1) is 0 Å². The third kappa shape index (κ3) is 4.54. The zero-order chi connectivity index (χ0) is 22.2. The first kappa shape index (κ1) is 20.9. The first-order chi connectivity index (χ1) is 14.6. The van der Waals surface area contributed by atoms with Gasteiger partial charge >= 0.3 is 6.18 Å². The number of fused-ring (bicyclic) bond motifs is 1. The van der Waals surface area contributed by atoms with Crippen LogP contribution in [0.15, 0.2) is 83.8 Å². The molecule has 4 aromatic rings. The lowest BCUT2D eigenvalue weighted by atomic mass is 10.1. The molecule has 0 atom stereocenters. The Morgan fingerprint density at radius 3 is 2.23 bits per heavy atom. The van der Waals surface area contributed by atoms with Gasteiger partial charge in [-0.25, -0.2) is 13.4 Å². The molecule has 0 fully saturated rings. The van der Waals surface area contributed by atoms with E-state index in [0.29, 0.717) is 28.1 Å². The zero-order valence-electron chi connectivity index (χ0n) is 16.2. The van der Waals surface area contributed by atoms with Gasteiger partial charge in [0.05, 0.1) is 21.7 Å². The number of pyridine rings is 1. The van der Waals surface area contributed by atoms with Gasteiger partial charge in [-0.3, -0.25) is 0 Å². The SMILES string of the molecule is CS(=O)(=O)c1cccc(Oc2cccc(-c3ccc4cccc(C(F)(F)F)c4n3)c2)c1. The van der Waals surface area contributed by atoms with Gasteiger partial charge in [0.25, 0.3) is 0 Å². The monoisotopic (exact) mass is 443 g/mol. The van der Waals surface area contributed by atoms with Crippen LogP contribution in [0.1, 0.15) is 5.56 Å². The molecule has 1 aromatic heterocycles. The van der Waals surface area contributed by atoms with E-state index < -0.39 is 21.6 Å². The van der Waals surface area contributed by atoms with E-state index in [2.05, 4.69) is 4.98 Å². The number of hydrogen-bond donors (Lipinski definition) is 0. The van der Waals surface area contributed by atoms with Crippen molar-refractivity contribution in [3.8, 4) is 22.8 Å². The standard InChI is InChI=1S/C23H16F3NO3S/c1-31(28,29)19-9-4-8-18(14-19)30-17-7-2-6-16(13-17)21-12-11-15-5-3-10-20(22(15)27-21)23(24,25)26/h2-14H,1H3. The zero-order valence-corrected chi connectivity index (χ0v) is 17.0. The molecule has 8 heteroatoms. The Bertz CT molecular complexity index is 1380. The summed E-state index contributed by atoms with van der Waals surface area (Å²) in [5, 5.41) is 0.392. The van der Waals surface area contributed by atoms with E-state index in [1.165, 1.54) is 18.2 Å². The van der Waals surface area contributed by atoms with Gasteiger partial charge in [0.1, 0.15) is 11.5 Å². The van der Waals surface area contributed by atoms with Crippen molar-refractivity contribution in [3.05, 3.63) is 84.4 Å². The molecule has 4 nitrogen and oxygen atoms in total. The lowest BCUT2D eigenvalue weighted by molar-refractivity contribution is -0.136. The van der Waals surface area contributed by atoms with Crippen LogP contribution in [0.4, 0.5) is 13.2 Å². The number of rotatable bonds is 4. The van der Waals surface area contributed by atoms with Crippen molar-refractivity contribution in [3.63, 3.8) is 0 Å². The topological polar surface area (TPSA) is 56.3 Å². The number of sulfone groups is 1. The van der Waals surface area contributed by atoms with Crippen molar-refractivity contribution < 1.29 is 26.3 Å². The fraction of sp³-hybridized carbons (Fsp3) is 0.0870. The molecule has 0 aliphatic carbocycles. The third-order valence-electron chi connectivity index (χ3n) is 4.62. The third-order valence-corrected chi connectivity index (χ3v) is 5.74. The molecule has 4 rings (SSSR count). The van der Waals surface area contributed by atoms with Crippen LogP contribution < -0.4 is 4.74 Å². The molecule has 3 aromatic carbocycles. The molecule has 158 valence electrons. The van der Waals surface area contributed by atoms with E-state index in [1.807, 2.05) is 0 Å². The number of aromatic nitrogens is 1. The lowest BCUT2D eigenvalue weighted by Gasteiger charge is -2.12. The number of para-hydroxylation sites is 1. The maximum atomic E-state index is 13.4. The van der Waals surface area contributed by atoms with E-state index in [-0.39, 0.29) is 10.4 Å². The molecular weight excluding hydrogens is 427 g/mol. The highest BCUT2D eigenvalue weighted by molar-refractivity contribution is 7.90. The molecule has 0 N–H and O–H groups in total. The van der Waals surface area contributed by atoms with Gasteiger partial charge in [0.15, 0.2) is 9.84 Å². The molecule has 1 heterocycles. The second-order valence-corrected chi connectivity index (χ2v) is 8.96. The van der Waals surface area contributed by atoms with Gasteiger partial charge in [-0.05, 0) is 42.5 Å². The van der Waals surface area contributed by atoms with Crippen LogP contribution in [-0.2, 0) is 16.0 Å². The average molecular weight is 443 g/mol. The van der Waals surface area contributed by atoms with Gasteiger partial charge in [-0.2, -0.15) is 13.2 Å². The fourth-order valence-electron chi connectivity index (χ4n) is 3.16. The molecule has 0 bridgehead atoms. The summed E-state index contributed by atoms with van der Waals surface area (Å²) in [5.74, 6) is 0.722. The summed E-state index contributed by atoms with van der Waals surface area (Å²) in [4.78, 5) is 4.37. The fourth-order valence-corrected chi connectivity index (χ4v) is 3.82. The van der Waals surface area contributed by atoms with Crippen LogP contribution in [0.5, 0.6) is 11.5 Å². The molecule has 0 spiro atoms. The van der Waals surface area contributed by atoms with Crippen LogP contribution >= 0.6 is 0 Å². The second kappa shape index (κ2) is 7.70. The highest BCUT2D eigenvalue weighted by Crippen LogP contribution is 2.35. The van der Waals surface area contributed by atoms with Crippen molar-refractivity contribution >= 4 is 20.7 Å². The number of ether oxygens (including phenoxy) is 1. The van der Waals surface area contributed by atoms with E-state index in [4.69, 9.17) is 4.74 Å². The van der Waals surface area contributed by atoms with Gasteiger partial charge in [-0.1, -0.05) is 36.4 Å². The summed E-state index contributed by atoms with van der Waals surface area (Å²) in [7, 11) is -3.39. The molecule has 0 amide bonds. The summed E-state index contributed by atoms with van der Waals surface area (Å²) in [6.45, 7) is 0. The highest BCUT2D eigenvalue weighted by Gasteiger charge is 2.33. The van der Waals surface area contributed by atoms with Crippen molar-refractivity contribution in [1.29, 1.82) is 0 Å². The Labute approximate surface area is 176 Å². The summed E-state index contributed by atoms with van der Waals surface area (Å²) >= 11 is 0. The van der Waals surface area contributed by atoms with E-state index in [9.17, 15) is 21.6 Å². The minimum Gasteiger partial charge on any atom is -0.457 e. The Hall–Kier alpha value is -3.39. The van der Waals surface area contributed by atoms with Gasteiger partial charge in [0.2, 0.25) is 0 Å². The molecule has 0 saturated heterocycles. The second-order valence-electron chi connectivity index (χ2n) is 6.95. The maximum absolute atomic E-state index is 13.4. The van der Waals surface area contributed by atoms with Gasteiger partial charge < -0.3 is 4.74 Å². The molecule has 0 radical (unpaired) electrons. The summed E-state index contributed by atoms with van der Waals surface area (Å²) in [6.07, 6.45) is -3.41. The highest BCUT2D eigenvalue weighted by atomic mass is 32.2. The van der Waals surface area contributed by atoms with E-state index >= 15 is 0 Å². The van der Waals surface area contributed by atoms with Crippen LogP contribution in [0, 0.1) is 0 Å². The summed E-state index contributed by atoms with van der Waals surface area (Å²) in [5.41, 5.74) is 0.00620. The lowest BCUT2D eigenvalue weighted by Crippen LogP contribution is -2.06. The predicted molar refractivity (Wildman–Crippen MR) is 112 cm³/mol. The minimum atomic E-state index is -4.51. The van der Waals surface area contributed by atoms with Gasteiger partial charge in [0, 0.05) is 17.2 Å². The average Bonchev–Trinajstić information content (AvgIpc) is 2.72. The molecule has 0 unspecified atom stereocenters. The molecule has 0 aliphatic heterocycles. The molecular formula is C23H16F3NO3S. The Morgan fingerprint density at radius 1 is 0.839 bits per heavy atom. The molecule has 0 aliphatic rings. The van der Waals surface area contributed by atoms with Crippen LogP contribution in [0.25, 0.3) is 22.2 Å². The first-order valence-electron chi connectivity index (χ1n) is 9.17. The molecule has 0 saturated carbocycles. The Balaban J connectivity index is 1.71. The number of nitrogens with zero attached hydrogens (tertiary/aromatic N) is 1. The first-order valence-corrected chi connectivity index (χ1v) is 11.1. The van der Waals surface area contributed by atoms with Crippen LogP contribution in [0.3, 0.4) is 0 Å². The largest absolute Gasteiger partial charge is 0.457 e.